The highest BCUT2D eigenvalue weighted by molar-refractivity contribution is 7.92. The van der Waals surface area contributed by atoms with Crippen LogP contribution < -0.4 is 4.72 Å². The topological polar surface area (TPSA) is 76.1 Å². The number of ketones is 1. The summed E-state index contributed by atoms with van der Waals surface area (Å²) in [5.74, 6) is -0.183. The van der Waals surface area contributed by atoms with Gasteiger partial charge in [-0.3, -0.25) is 9.52 Å². The first-order valence-electron chi connectivity index (χ1n) is 3.33. The smallest absolute Gasteiger partial charge is 0.231 e. The lowest BCUT2D eigenvalue weighted by Crippen LogP contribution is -2.09. The van der Waals surface area contributed by atoms with Crippen molar-refractivity contribution in [1.29, 1.82) is 0 Å². The van der Waals surface area contributed by atoms with Gasteiger partial charge in [0.15, 0.2) is 10.9 Å². The van der Waals surface area contributed by atoms with Crippen molar-refractivity contribution in [1.82, 2.24) is 4.98 Å². The molecule has 0 fully saturated rings. The predicted octanol–water partition coefficient (Wildman–Crippen LogP) is 0.717. The second-order valence-electron chi connectivity index (χ2n) is 2.47. The zero-order valence-corrected chi connectivity index (χ0v) is 8.70. The number of thiazole rings is 1. The third-order valence-electron chi connectivity index (χ3n) is 1.14. The van der Waals surface area contributed by atoms with Gasteiger partial charge < -0.3 is 0 Å². The van der Waals surface area contributed by atoms with Crippen LogP contribution in [-0.2, 0) is 10.0 Å². The highest BCUT2D eigenvalue weighted by Gasteiger charge is 2.08. The molecule has 1 aromatic rings. The van der Waals surface area contributed by atoms with Crippen molar-refractivity contribution in [2.45, 2.75) is 6.92 Å². The molecule has 1 rings (SSSR count). The van der Waals surface area contributed by atoms with E-state index < -0.39 is 10.0 Å². The normalized spacial score (nSPS) is 11.2. The van der Waals surface area contributed by atoms with Crippen LogP contribution in [0.4, 0.5) is 5.13 Å². The maximum Gasteiger partial charge on any atom is 0.231 e. The first-order valence-corrected chi connectivity index (χ1v) is 6.10. The summed E-state index contributed by atoms with van der Waals surface area (Å²) >= 11 is 1.08. The van der Waals surface area contributed by atoms with E-state index in [2.05, 4.69) is 9.71 Å². The standard InChI is InChI=1S/C6H8N2O3S2/c1-4(9)5-3-12-6(7-5)8-13(2,10)11/h3H,1-2H3,(H,7,8). The number of hydrogen-bond donors (Lipinski definition) is 1. The lowest BCUT2D eigenvalue weighted by molar-refractivity contribution is 0.101. The number of nitrogens with one attached hydrogen (secondary N) is 1. The quantitative estimate of drug-likeness (QED) is 0.761. The average molecular weight is 220 g/mol. The molecule has 0 aliphatic rings. The Balaban J connectivity index is 2.87. The van der Waals surface area contributed by atoms with Gasteiger partial charge in [0.1, 0.15) is 5.69 Å². The molecule has 1 aromatic heterocycles. The summed E-state index contributed by atoms with van der Waals surface area (Å²) in [4.78, 5) is 14.6. The Hall–Kier alpha value is -0.950. The SMILES string of the molecule is CC(=O)c1csc(NS(C)(=O)=O)n1. The monoisotopic (exact) mass is 220 g/mol. The fourth-order valence-electron chi connectivity index (χ4n) is 0.641. The van der Waals surface area contributed by atoms with E-state index in [1.54, 1.807) is 0 Å². The molecular weight excluding hydrogens is 212 g/mol. The van der Waals surface area contributed by atoms with Gasteiger partial charge >= 0.3 is 0 Å². The highest BCUT2D eigenvalue weighted by atomic mass is 32.2. The molecule has 0 aliphatic carbocycles. The van der Waals surface area contributed by atoms with Crippen LogP contribution in [0.15, 0.2) is 5.38 Å². The van der Waals surface area contributed by atoms with Crippen LogP contribution in [0, 0.1) is 0 Å². The Kier molecular flexibility index (Phi) is 2.67. The minimum Gasteiger partial charge on any atom is -0.293 e. The second kappa shape index (κ2) is 3.43. The molecule has 7 heteroatoms. The van der Waals surface area contributed by atoms with Crippen LogP contribution in [0.1, 0.15) is 17.4 Å². The van der Waals surface area contributed by atoms with Gasteiger partial charge in [0, 0.05) is 12.3 Å². The molecule has 0 bridgehead atoms. The van der Waals surface area contributed by atoms with Gasteiger partial charge in [-0.1, -0.05) is 0 Å². The second-order valence-corrected chi connectivity index (χ2v) is 5.07. The van der Waals surface area contributed by atoms with E-state index in [-0.39, 0.29) is 16.6 Å². The minimum atomic E-state index is -3.30. The number of Topliss-reactive ketones (excluding diaryl/α,β-unsaturated/α-hetero) is 1. The molecule has 1 N–H and O–H groups in total. The molecule has 5 nitrogen and oxygen atoms in total. The van der Waals surface area contributed by atoms with Crippen molar-refractivity contribution in [3.8, 4) is 0 Å². The van der Waals surface area contributed by atoms with Crippen molar-refractivity contribution < 1.29 is 13.2 Å². The van der Waals surface area contributed by atoms with Crippen molar-refractivity contribution in [2.24, 2.45) is 0 Å². The number of rotatable bonds is 3. The van der Waals surface area contributed by atoms with Crippen LogP contribution in [0.2, 0.25) is 0 Å². The zero-order valence-electron chi connectivity index (χ0n) is 7.07. The summed E-state index contributed by atoms with van der Waals surface area (Å²) in [5.41, 5.74) is 0.274. The van der Waals surface area contributed by atoms with Crippen molar-refractivity contribution >= 4 is 32.3 Å². The summed E-state index contributed by atoms with van der Waals surface area (Å²) in [6.07, 6.45) is 1.03. The highest BCUT2D eigenvalue weighted by Crippen LogP contribution is 2.16. The van der Waals surface area contributed by atoms with Crippen LogP contribution in [-0.4, -0.2) is 25.4 Å². The lowest BCUT2D eigenvalue weighted by atomic mass is 10.4. The number of sulfonamides is 1. The average Bonchev–Trinajstić information content (AvgIpc) is 2.31. The lowest BCUT2D eigenvalue weighted by Gasteiger charge is -1.95. The molecule has 0 atom stereocenters. The Morgan fingerprint density at radius 3 is 2.62 bits per heavy atom. The van der Waals surface area contributed by atoms with E-state index in [9.17, 15) is 13.2 Å². The number of carbonyl (C=O) groups is 1. The van der Waals surface area contributed by atoms with Crippen LogP contribution >= 0.6 is 11.3 Å². The van der Waals surface area contributed by atoms with Crippen molar-refractivity contribution in [3.63, 3.8) is 0 Å². The Morgan fingerprint density at radius 2 is 2.23 bits per heavy atom. The molecule has 0 saturated heterocycles. The largest absolute Gasteiger partial charge is 0.293 e. The van der Waals surface area contributed by atoms with Crippen LogP contribution in [0.3, 0.4) is 0 Å². The molecule has 72 valence electrons. The summed E-state index contributed by atoms with van der Waals surface area (Å²) in [6, 6.07) is 0. The molecule has 1 heterocycles. The Bertz CT molecular complexity index is 421. The molecule has 0 aromatic carbocycles. The van der Waals surface area contributed by atoms with Crippen molar-refractivity contribution in [3.05, 3.63) is 11.1 Å². The third kappa shape index (κ3) is 3.11. The summed E-state index contributed by atoms with van der Waals surface area (Å²) in [7, 11) is -3.30. The van der Waals surface area contributed by atoms with Crippen LogP contribution in [0.5, 0.6) is 0 Å². The number of anilines is 1. The molecule has 0 aliphatic heterocycles. The Morgan fingerprint density at radius 1 is 1.62 bits per heavy atom. The molecule has 0 spiro atoms. The van der Waals surface area contributed by atoms with Crippen LogP contribution in [0.25, 0.3) is 0 Å². The zero-order chi connectivity index (χ0) is 10.1. The number of nitrogens with zero attached hydrogens (tertiary/aromatic N) is 1. The van der Waals surface area contributed by atoms with Gasteiger partial charge in [-0.05, 0) is 0 Å². The first-order chi connectivity index (χ1) is 5.88. The minimum absolute atomic E-state index is 0.183. The maximum atomic E-state index is 10.8. The summed E-state index contributed by atoms with van der Waals surface area (Å²) < 4.78 is 23.7. The fraction of sp³-hybridized carbons (Fsp3) is 0.333. The first kappa shape index (κ1) is 10.1. The molecule has 13 heavy (non-hydrogen) atoms. The summed E-state index contributed by atoms with van der Waals surface area (Å²) in [5, 5.41) is 1.73. The molecule has 0 radical (unpaired) electrons. The van der Waals surface area contributed by atoms with E-state index in [0.717, 1.165) is 17.6 Å². The van der Waals surface area contributed by atoms with Gasteiger partial charge in [-0.2, -0.15) is 0 Å². The van der Waals surface area contributed by atoms with E-state index in [4.69, 9.17) is 0 Å². The van der Waals surface area contributed by atoms with Gasteiger partial charge in [-0.25, -0.2) is 13.4 Å². The molecule has 0 saturated carbocycles. The fourth-order valence-corrected chi connectivity index (χ4v) is 2.24. The summed E-state index contributed by atoms with van der Waals surface area (Å²) in [6.45, 7) is 1.37. The van der Waals surface area contributed by atoms with Gasteiger partial charge in [-0.15, -0.1) is 11.3 Å². The molecular formula is C6H8N2O3S2. The molecule has 0 unspecified atom stereocenters. The third-order valence-corrected chi connectivity index (χ3v) is 2.59. The van der Waals surface area contributed by atoms with Gasteiger partial charge in [0.05, 0.1) is 6.26 Å². The predicted molar refractivity (Wildman–Crippen MR) is 50.6 cm³/mol. The Labute approximate surface area is 79.9 Å². The number of hydrogen-bond acceptors (Lipinski definition) is 5. The number of aromatic nitrogens is 1. The maximum absolute atomic E-state index is 10.8. The van der Waals surface area contributed by atoms with Gasteiger partial charge in [0.2, 0.25) is 10.0 Å². The molecule has 0 amide bonds. The van der Waals surface area contributed by atoms with E-state index in [1.165, 1.54) is 12.3 Å². The van der Waals surface area contributed by atoms with E-state index in [1.807, 2.05) is 0 Å². The van der Waals surface area contributed by atoms with Gasteiger partial charge in [0.25, 0.3) is 0 Å². The van der Waals surface area contributed by atoms with Crippen molar-refractivity contribution in [2.75, 3.05) is 11.0 Å². The number of carbonyl (C=O) groups excluding carboxylic acids is 1. The van der Waals surface area contributed by atoms with E-state index in [0.29, 0.717) is 0 Å². The van der Waals surface area contributed by atoms with E-state index >= 15 is 0 Å².